The maximum absolute atomic E-state index is 12.5. The molecule has 9 nitrogen and oxygen atoms in total. The monoisotopic (exact) mass is 359 g/mol. The minimum Gasteiger partial charge on any atom is -0.482 e. The number of esters is 1. The summed E-state index contributed by atoms with van der Waals surface area (Å²) in [5.74, 6) is -0.695. The van der Waals surface area contributed by atoms with Crippen molar-refractivity contribution in [2.24, 2.45) is 0 Å². The molecule has 0 spiro atoms. The van der Waals surface area contributed by atoms with Crippen LogP contribution in [0.3, 0.4) is 0 Å². The Labute approximate surface area is 149 Å². The van der Waals surface area contributed by atoms with Gasteiger partial charge < -0.3 is 20.1 Å². The minimum atomic E-state index is -0.572. The second kappa shape index (κ2) is 8.47. The fraction of sp³-hybridized carbons (Fsp3) is 0.176. The first-order chi connectivity index (χ1) is 12.4. The highest BCUT2D eigenvalue weighted by atomic mass is 16.6. The lowest BCUT2D eigenvalue weighted by molar-refractivity contribution is -0.384. The molecule has 2 rings (SSSR count). The van der Waals surface area contributed by atoms with Crippen molar-refractivity contribution in [1.82, 2.24) is 0 Å². The van der Waals surface area contributed by atoms with E-state index in [2.05, 4.69) is 15.4 Å². The molecule has 0 aliphatic carbocycles. The zero-order valence-corrected chi connectivity index (χ0v) is 14.1. The number of nitrogens with one attached hydrogen (secondary N) is 2. The third-order valence-corrected chi connectivity index (χ3v) is 3.40. The van der Waals surface area contributed by atoms with E-state index >= 15 is 0 Å². The number of anilines is 2. The topological polar surface area (TPSA) is 120 Å². The van der Waals surface area contributed by atoms with Crippen LogP contribution in [0.15, 0.2) is 42.5 Å². The highest BCUT2D eigenvalue weighted by Gasteiger charge is 2.16. The SMILES string of the molecule is CNc1ccc([N+](=O)[O-])cc1C(=O)Nc1cccc(OCC(=O)OC)c1. The van der Waals surface area contributed by atoms with Crippen molar-refractivity contribution in [3.05, 3.63) is 58.1 Å². The third kappa shape index (κ3) is 4.69. The maximum Gasteiger partial charge on any atom is 0.343 e. The Hall–Kier alpha value is -3.62. The Morgan fingerprint density at radius 3 is 2.62 bits per heavy atom. The fourth-order valence-corrected chi connectivity index (χ4v) is 2.11. The average Bonchev–Trinajstić information content (AvgIpc) is 2.65. The summed E-state index contributed by atoms with van der Waals surface area (Å²) in [7, 11) is 2.86. The number of non-ortho nitro benzene ring substituents is 1. The Morgan fingerprint density at radius 2 is 1.96 bits per heavy atom. The van der Waals surface area contributed by atoms with Crippen molar-refractivity contribution in [2.75, 3.05) is 31.4 Å². The predicted molar refractivity (Wildman–Crippen MR) is 94.5 cm³/mol. The lowest BCUT2D eigenvalue weighted by atomic mass is 10.1. The van der Waals surface area contributed by atoms with Crippen LogP contribution in [-0.4, -0.2) is 37.6 Å². The van der Waals surface area contributed by atoms with E-state index in [0.717, 1.165) is 0 Å². The highest BCUT2D eigenvalue weighted by Crippen LogP contribution is 2.24. The standard InChI is InChI=1S/C17H17N3O6/c1-18-15-7-6-12(20(23)24)9-14(15)17(22)19-11-4-3-5-13(8-11)26-10-16(21)25-2/h3-9,18H,10H2,1-2H3,(H,19,22). The van der Waals surface area contributed by atoms with Gasteiger partial charge in [-0.15, -0.1) is 0 Å². The molecule has 0 atom stereocenters. The van der Waals surface area contributed by atoms with Gasteiger partial charge in [0, 0.05) is 36.6 Å². The Bertz CT molecular complexity index is 837. The zero-order chi connectivity index (χ0) is 19.1. The van der Waals surface area contributed by atoms with Crippen LogP contribution in [0.2, 0.25) is 0 Å². The van der Waals surface area contributed by atoms with E-state index in [9.17, 15) is 19.7 Å². The molecule has 136 valence electrons. The van der Waals surface area contributed by atoms with Crippen LogP contribution in [-0.2, 0) is 9.53 Å². The second-order valence-corrected chi connectivity index (χ2v) is 5.08. The molecule has 0 aliphatic rings. The van der Waals surface area contributed by atoms with Gasteiger partial charge in [0.05, 0.1) is 17.6 Å². The maximum atomic E-state index is 12.5. The predicted octanol–water partition coefficient (Wildman–Crippen LogP) is 2.44. The average molecular weight is 359 g/mol. The first kappa shape index (κ1) is 18.7. The van der Waals surface area contributed by atoms with Crippen molar-refractivity contribution < 1.29 is 24.0 Å². The number of hydrogen-bond donors (Lipinski definition) is 2. The number of amides is 1. The Kier molecular flexibility index (Phi) is 6.10. The van der Waals surface area contributed by atoms with E-state index in [0.29, 0.717) is 17.1 Å². The molecule has 0 aliphatic heterocycles. The van der Waals surface area contributed by atoms with E-state index in [1.54, 1.807) is 25.2 Å². The molecule has 0 unspecified atom stereocenters. The first-order valence-electron chi connectivity index (χ1n) is 7.52. The van der Waals surface area contributed by atoms with Gasteiger partial charge in [-0.05, 0) is 18.2 Å². The van der Waals surface area contributed by atoms with E-state index in [-0.39, 0.29) is 17.9 Å². The van der Waals surface area contributed by atoms with Crippen LogP contribution in [0, 0.1) is 10.1 Å². The molecule has 26 heavy (non-hydrogen) atoms. The molecule has 0 bridgehead atoms. The van der Waals surface area contributed by atoms with Crippen molar-refractivity contribution in [3.63, 3.8) is 0 Å². The highest BCUT2D eigenvalue weighted by molar-refractivity contribution is 6.08. The summed E-state index contributed by atoms with van der Waals surface area (Å²) in [5.41, 5.74) is 0.795. The minimum absolute atomic E-state index is 0.127. The summed E-state index contributed by atoms with van der Waals surface area (Å²) >= 11 is 0. The molecule has 0 fully saturated rings. The summed E-state index contributed by atoms with van der Waals surface area (Å²) < 4.78 is 9.74. The lowest BCUT2D eigenvalue weighted by Crippen LogP contribution is -2.15. The van der Waals surface area contributed by atoms with Gasteiger partial charge in [-0.2, -0.15) is 0 Å². The van der Waals surface area contributed by atoms with E-state index in [1.165, 1.54) is 31.4 Å². The van der Waals surface area contributed by atoms with Crippen LogP contribution in [0.4, 0.5) is 17.1 Å². The number of nitrogens with zero attached hydrogens (tertiary/aromatic N) is 1. The quantitative estimate of drug-likeness (QED) is 0.442. The molecule has 2 aromatic carbocycles. The molecule has 0 aromatic heterocycles. The summed E-state index contributed by atoms with van der Waals surface area (Å²) in [6, 6.07) is 10.4. The third-order valence-electron chi connectivity index (χ3n) is 3.40. The molecular formula is C17H17N3O6. The van der Waals surface area contributed by atoms with Gasteiger partial charge in [0.15, 0.2) is 6.61 Å². The normalized spacial score (nSPS) is 9.92. The zero-order valence-electron chi connectivity index (χ0n) is 14.1. The molecule has 0 radical (unpaired) electrons. The van der Waals surface area contributed by atoms with E-state index in [1.807, 2.05) is 0 Å². The van der Waals surface area contributed by atoms with Crippen LogP contribution in [0.5, 0.6) is 5.75 Å². The van der Waals surface area contributed by atoms with Gasteiger partial charge in [-0.1, -0.05) is 6.07 Å². The van der Waals surface area contributed by atoms with Gasteiger partial charge in [0.1, 0.15) is 5.75 Å². The largest absolute Gasteiger partial charge is 0.482 e. The van der Waals surface area contributed by atoms with Crippen LogP contribution in [0.25, 0.3) is 0 Å². The van der Waals surface area contributed by atoms with Crippen molar-refractivity contribution in [2.45, 2.75) is 0 Å². The van der Waals surface area contributed by atoms with Gasteiger partial charge in [0.25, 0.3) is 11.6 Å². The van der Waals surface area contributed by atoms with E-state index < -0.39 is 16.8 Å². The van der Waals surface area contributed by atoms with Crippen molar-refractivity contribution in [1.29, 1.82) is 0 Å². The number of methoxy groups -OCH3 is 1. The van der Waals surface area contributed by atoms with Crippen molar-refractivity contribution >= 4 is 28.9 Å². The Balaban J connectivity index is 2.18. The molecule has 1 amide bonds. The number of nitro benzene ring substituents is 1. The number of hydrogen-bond acceptors (Lipinski definition) is 7. The van der Waals surface area contributed by atoms with Gasteiger partial charge >= 0.3 is 5.97 Å². The van der Waals surface area contributed by atoms with Crippen LogP contribution in [0.1, 0.15) is 10.4 Å². The van der Waals surface area contributed by atoms with Gasteiger partial charge in [-0.3, -0.25) is 14.9 Å². The van der Waals surface area contributed by atoms with Gasteiger partial charge in [0.2, 0.25) is 0 Å². The summed E-state index contributed by atoms with van der Waals surface area (Å²) in [6.45, 7) is -0.261. The molecule has 2 aromatic rings. The molecule has 0 saturated carbocycles. The number of carbonyl (C=O) groups is 2. The first-order valence-corrected chi connectivity index (χ1v) is 7.52. The molecule has 0 heterocycles. The van der Waals surface area contributed by atoms with Crippen LogP contribution >= 0.6 is 0 Å². The summed E-state index contributed by atoms with van der Waals surface area (Å²) in [5, 5.41) is 16.4. The molecular weight excluding hydrogens is 342 g/mol. The van der Waals surface area contributed by atoms with Crippen LogP contribution < -0.4 is 15.4 Å². The molecule has 2 N–H and O–H groups in total. The van der Waals surface area contributed by atoms with Crippen molar-refractivity contribution in [3.8, 4) is 5.75 Å². The Morgan fingerprint density at radius 1 is 1.19 bits per heavy atom. The number of nitro groups is 1. The number of carbonyl (C=O) groups excluding carboxylic acids is 2. The van der Waals surface area contributed by atoms with E-state index in [4.69, 9.17) is 4.74 Å². The molecule has 9 heteroatoms. The number of ether oxygens (including phenoxy) is 2. The second-order valence-electron chi connectivity index (χ2n) is 5.08. The van der Waals surface area contributed by atoms with Gasteiger partial charge in [-0.25, -0.2) is 4.79 Å². The summed E-state index contributed by atoms with van der Waals surface area (Å²) in [4.78, 5) is 34.0. The molecule has 0 saturated heterocycles. The smallest absolute Gasteiger partial charge is 0.343 e. The number of benzene rings is 2. The summed E-state index contributed by atoms with van der Waals surface area (Å²) in [6.07, 6.45) is 0. The fourth-order valence-electron chi connectivity index (χ4n) is 2.11. The lowest BCUT2D eigenvalue weighted by Gasteiger charge is -2.11. The number of rotatable bonds is 7.